The highest BCUT2D eigenvalue weighted by Gasteiger charge is 2.12. The Hall–Kier alpha value is -2.15. The van der Waals surface area contributed by atoms with Gasteiger partial charge in [0.1, 0.15) is 0 Å². The van der Waals surface area contributed by atoms with E-state index in [1.54, 1.807) is 0 Å². The smallest absolute Gasteiger partial charge is 0.0895 e. The average Bonchev–Trinajstić information content (AvgIpc) is 2.49. The van der Waals surface area contributed by atoms with Crippen molar-refractivity contribution in [1.29, 1.82) is 5.26 Å². The van der Waals surface area contributed by atoms with Gasteiger partial charge in [0, 0.05) is 13.1 Å². The Morgan fingerprint density at radius 1 is 0.952 bits per heavy atom. The van der Waals surface area contributed by atoms with Gasteiger partial charge >= 0.3 is 0 Å². The second-order valence-electron chi connectivity index (χ2n) is 5.05. The summed E-state index contributed by atoms with van der Waals surface area (Å²) in [6.45, 7) is 3.32. The SMILES string of the molecule is C[C@@H](CC#N)ON(Cc1ccccc1)Cc1ccccc1. The lowest BCUT2D eigenvalue weighted by molar-refractivity contribution is -0.204. The maximum atomic E-state index is 8.78. The van der Waals surface area contributed by atoms with E-state index in [2.05, 4.69) is 30.3 Å². The fraction of sp³-hybridized carbons (Fsp3) is 0.278. The molecule has 0 aromatic heterocycles. The summed E-state index contributed by atoms with van der Waals surface area (Å²) < 4.78 is 0. The van der Waals surface area contributed by atoms with E-state index in [9.17, 15) is 0 Å². The molecule has 0 radical (unpaired) electrons. The Balaban J connectivity index is 2.05. The van der Waals surface area contributed by atoms with Crippen LogP contribution in [0.5, 0.6) is 0 Å². The zero-order valence-corrected chi connectivity index (χ0v) is 12.3. The Morgan fingerprint density at radius 3 is 1.86 bits per heavy atom. The van der Waals surface area contributed by atoms with Gasteiger partial charge in [0.15, 0.2) is 0 Å². The molecule has 0 saturated carbocycles. The van der Waals surface area contributed by atoms with Crippen LogP contribution >= 0.6 is 0 Å². The first-order valence-electron chi connectivity index (χ1n) is 7.14. The van der Waals surface area contributed by atoms with Crippen LogP contribution < -0.4 is 0 Å². The molecule has 0 fully saturated rings. The zero-order valence-electron chi connectivity index (χ0n) is 12.3. The monoisotopic (exact) mass is 280 g/mol. The lowest BCUT2D eigenvalue weighted by Gasteiger charge is -2.25. The molecule has 0 saturated heterocycles. The zero-order chi connectivity index (χ0) is 14.9. The summed E-state index contributed by atoms with van der Waals surface area (Å²) in [5, 5.41) is 10.7. The molecule has 0 heterocycles. The minimum atomic E-state index is -0.109. The van der Waals surface area contributed by atoms with E-state index in [-0.39, 0.29) is 6.10 Å². The molecule has 0 aliphatic carbocycles. The largest absolute Gasteiger partial charge is 0.294 e. The molecule has 0 amide bonds. The highest BCUT2D eigenvalue weighted by Crippen LogP contribution is 2.13. The van der Waals surface area contributed by atoms with Crippen LogP contribution in [0.15, 0.2) is 60.7 Å². The van der Waals surface area contributed by atoms with Crippen molar-refractivity contribution < 1.29 is 4.84 Å². The van der Waals surface area contributed by atoms with Gasteiger partial charge in [0.2, 0.25) is 0 Å². The van der Waals surface area contributed by atoms with E-state index >= 15 is 0 Å². The normalized spacial score (nSPS) is 12.0. The standard InChI is InChI=1S/C18H20N2O/c1-16(12-13-19)21-20(14-17-8-4-2-5-9-17)15-18-10-6-3-7-11-18/h2-11,16H,12,14-15H2,1H3/t16-/m0/s1. The van der Waals surface area contributed by atoms with Crippen LogP contribution in [0.25, 0.3) is 0 Å². The van der Waals surface area contributed by atoms with E-state index in [1.807, 2.05) is 48.4 Å². The van der Waals surface area contributed by atoms with Crippen LogP contribution in [0.4, 0.5) is 0 Å². The number of nitrogens with zero attached hydrogens (tertiary/aromatic N) is 2. The van der Waals surface area contributed by atoms with Crippen molar-refractivity contribution >= 4 is 0 Å². The van der Waals surface area contributed by atoms with Crippen LogP contribution in [0.2, 0.25) is 0 Å². The van der Waals surface area contributed by atoms with E-state index < -0.39 is 0 Å². The first-order valence-corrected chi connectivity index (χ1v) is 7.14. The van der Waals surface area contributed by atoms with Crippen molar-refractivity contribution in [2.45, 2.75) is 32.5 Å². The van der Waals surface area contributed by atoms with Crippen molar-refractivity contribution in [1.82, 2.24) is 5.06 Å². The molecule has 0 bridgehead atoms. The first-order chi connectivity index (χ1) is 10.3. The molecule has 2 aromatic carbocycles. The average molecular weight is 280 g/mol. The summed E-state index contributed by atoms with van der Waals surface area (Å²) >= 11 is 0. The van der Waals surface area contributed by atoms with Crippen LogP contribution in [0, 0.1) is 11.3 Å². The Labute approximate surface area is 126 Å². The summed E-state index contributed by atoms with van der Waals surface area (Å²) in [4.78, 5) is 5.91. The van der Waals surface area contributed by atoms with Crippen LogP contribution in [-0.4, -0.2) is 11.2 Å². The molecule has 0 N–H and O–H groups in total. The highest BCUT2D eigenvalue weighted by atomic mass is 16.7. The lowest BCUT2D eigenvalue weighted by atomic mass is 10.2. The van der Waals surface area contributed by atoms with E-state index in [1.165, 1.54) is 11.1 Å². The molecule has 1 atom stereocenters. The fourth-order valence-corrected chi connectivity index (χ4v) is 2.12. The number of rotatable bonds is 7. The van der Waals surface area contributed by atoms with Crippen molar-refractivity contribution in [2.24, 2.45) is 0 Å². The second-order valence-corrected chi connectivity index (χ2v) is 5.05. The Morgan fingerprint density at radius 2 is 1.43 bits per heavy atom. The van der Waals surface area contributed by atoms with Gasteiger partial charge in [-0.15, -0.1) is 0 Å². The topological polar surface area (TPSA) is 36.3 Å². The van der Waals surface area contributed by atoms with E-state index in [4.69, 9.17) is 10.1 Å². The molecule has 108 valence electrons. The maximum Gasteiger partial charge on any atom is 0.0895 e. The molecule has 3 nitrogen and oxygen atoms in total. The van der Waals surface area contributed by atoms with Crippen molar-refractivity contribution in [3.63, 3.8) is 0 Å². The molecule has 3 heteroatoms. The molecule has 0 unspecified atom stereocenters. The summed E-state index contributed by atoms with van der Waals surface area (Å²) in [6, 6.07) is 22.6. The van der Waals surface area contributed by atoms with Crippen molar-refractivity contribution in [3.05, 3.63) is 71.8 Å². The summed E-state index contributed by atoms with van der Waals surface area (Å²) in [7, 11) is 0. The van der Waals surface area contributed by atoms with Crippen LogP contribution in [0.1, 0.15) is 24.5 Å². The van der Waals surface area contributed by atoms with Gasteiger partial charge in [-0.1, -0.05) is 60.7 Å². The van der Waals surface area contributed by atoms with E-state index in [0.29, 0.717) is 19.5 Å². The number of benzene rings is 2. The van der Waals surface area contributed by atoms with Gasteiger partial charge < -0.3 is 0 Å². The molecule has 0 aliphatic heterocycles. The predicted octanol–water partition coefficient (Wildman–Crippen LogP) is 3.92. The Kier molecular flexibility index (Phi) is 5.96. The number of hydrogen-bond donors (Lipinski definition) is 0. The molecule has 21 heavy (non-hydrogen) atoms. The lowest BCUT2D eigenvalue weighted by Crippen LogP contribution is -2.27. The van der Waals surface area contributed by atoms with Gasteiger partial charge in [-0.3, -0.25) is 4.84 Å². The third-order valence-electron chi connectivity index (χ3n) is 3.11. The quantitative estimate of drug-likeness (QED) is 0.721. The van der Waals surface area contributed by atoms with Crippen molar-refractivity contribution in [2.75, 3.05) is 0 Å². The third-order valence-corrected chi connectivity index (χ3v) is 3.11. The number of nitriles is 1. The van der Waals surface area contributed by atoms with Crippen molar-refractivity contribution in [3.8, 4) is 6.07 Å². The Bertz CT molecular complexity index is 521. The van der Waals surface area contributed by atoms with Gasteiger partial charge in [-0.25, -0.2) is 0 Å². The van der Waals surface area contributed by atoms with Gasteiger partial charge in [0.05, 0.1) is 18.6 Å². The fourth-order valence-electron chi connectivity index (χ4n) is 2.12. The van der Waals surface area contributed by atoms with Gasteiger partial charge in [-0.2, -0.15) is 10.3 Å². The molecule has 0 aliphatic rings. The van der Waals surface area contributed by atoms with Gasteiger partial charge in [-0.05, 0) is 18.1 Å². The minimum absolute atomic E-state index is 0.109. The minimum Gasteiger partial charge on any atom is -0.294 e. The summed E-state index contributed by atoms with van der Waals surface area (Å²) in [5.74, 6) is 0. The molecular formula is C18H20N2O. The van der Waals surface area contributed by atoms with Crippen LogP contribution in [-0.2, 0) is 17.9 Å². The number of hydrogen-bond acceptors (Lipinski definition) is 3. The van der Waals surface area contributed by atoms with Crippen LogP contribution in [0.3, 0.4) is 0 Å². The molecule has 2 aromatic rings. The van der Waals surface area contributed by atoms with Gasteiger partial charge in [0.25, 0.3) is 0 Å². The number of hydroxylamine groups is 2. The highest BCUT2D eigenvalue weighted by molar-refractivity contribution is 5.16. The molecule has 2 rings (SSSR count). The summed E-state index contributed by atoms with van der Waals surface area (Å²) in [5.41, 5.74) is 2.38. The first kappa shape index (κ1) is 15.2. The van der Waals surface area contributed by atoms with E-state index in [0.717, 1.165) is 0 Å². The predicted molar refractivity (Wildman–Crippen MR) is 82.9 cm³/mol. The summed E-state index contributed by atoms with van der Waals surface area (Å²) in [6.07, 6.45) is 0.280. The second kappa shape index (κ2) is 8.21. The maximum absolute atomic E-state index is 8.78. The molecule has 0 spiro atoms. The third kappa shape index (κ3) is 5.39. The molecular weight excluding hydrogens is 260 g/mol.